The molecule has 2 unspecified atom stereocenters. The Morgan fingerprint density at radius 3 is 2.39 bits per heavy atom. The van der Waals surface area contributed by atoms with E-state index in [9.17, 15) is 4.39 Å². The maximum Gasteiger partial charge on any atom is 0.123 e. The van der Waals surface area contributed by atoms with E-state index in [0.717, 1.165) is 11.1 Å². The van der Waals surface area contributed by atoms with Crippen molar-refractivity contribution < 1.29 is 4.39 Å². The Morgan fingerprint density at radius 2 is 1.89 bits per heavy atom. The van der Waals surface area contributed by atoms with Gasteiger partial charge in [0.25, 0.3) is 0 Å². The monoisotopic (exact) mass is 252 g/mol. The first-order chi connectivity index (χ1) is 8.38. The second-order valence-electron chi connectivity index (χ2n) is 5.40. The first kappa shape index (κ1) is 15.1. The van der Waals surface area contributed by atoms with Crippen LogP contribution in [-0.2, 0) is 0 Å². The molecule has 2 nitrogen and oxygen atoms in total. The van der Waals surface area contributed by atoms with E-state index in [0.29, 0.717) is 18.5 Å². The number of benzene rings is 1. The summed E-state index contributed by atoms with van der Waals surface area (Å²) in [6.45, 7) is 9.06. The van der Waals surface area contributed by atoms with E-state index in [4.69, 9.17) is 5.73 Å². The molecule has 0 spiro atoms. The molecule has 0 bridgehead atoms. The van der Waals surface area contributed by atoms with Crippen molar-refractivity contribution in [2.24, 2.45) is 11.7 Å². The maximum absolute atomic E-state index is 13.4. The average Bonchev–Trinajstić information content (AvgIpc) is 2.33. The van der Waals surface area contributed by atoms with Crippen molar-refractivity contribution in [1.82, 2.24) is 4.90 Å². The minimum Gasteiger partial charge on any atom is -0.329 e. The lowest BCUT2D eigenvalue weighted by atomic mass is 9.96. The predicted octanol–water partition coefficient (Wildman–Crippen LogP) is 3.11. The lowest BCUT2D eigenvalue weighted by Crippen LogP contribution is -2.40. The second kappa shape index (κ2) is 6.30. The van der Waals surface area contributed by atoms with E-state index in [1.54, 1.807) is 6.07 Å². The SMILES string of the molecule is Cc1ccc(F)cc1C(CN)N(C)C(C)C(C)C. The summed E-state index contributed by atoms with van der Waals surface area (Å²) in [5.41, 5.74) is 7.98. The topological polar surface area (TPSA) is 29.3 Å². The van der Waals surface area contributed by atoms with Crippen LogP contribution in [0.5, 0.6) is 0 Å². The van der Waals surface area contributed by atoms with Gasteiger partial charge in [-0.25, -0.2) is 4.39 Å². The van der Waals surface area contributed by atoms with Crippen molar-refractivity contribution in [1.29, 1.82) is 0 Å². The number of likely N-dealkylation sites (N-methyl/N-ethyl adjacent to an activating group) is 1. The highest BCUT2D eigenvalue weighted by Gasteiger charge is 2.23. The van der Waals surface area contributed by atoms with Crippen LogP contribution in [-0.4, -0.2) is 24.5 Å². The molecule has 0 saturated carbocycles. The van der Waals surface area contributed by atoms with Crippen LogP contribution in [0, 0.1) is 18.7 Å². The molecule has 18 heavy (non-hydrogen) atoms. The van der Waals surface area contributed by atoms with E-state index < -0.39 is 0 Å². The summed E-state index contributed by atoms with van der Waals surface area (Å²) in [6, 6.07) is 5.40. The summed E-state index contributed by atoms with van der Waals surface area (Å²) in [7, 11) is 2.06. The Hall–Kier alpha value is -0.930. The van der Waals surface area contributed by atoms with Gasteiger partial charge in [-0.05, 0) is 50.1 Å². The van der Waals surface area contributed by atoms with Crippen molar-refractivity contribution in [2.75, 3.05) is 13.6 Å². The molecule has 0 heterocycles. The van der Waals surface area contributed by atoms with Crippen LogP contribution in [0.1, 0.15) is 37.9 Å². The highest BCUT2D eigenvalue weighted by molar-refractivity contribution is 5.30. The van der Waals surface area contributed by atoms with Crippen LogP contribution in [0.2, 0.25) is 0 Å². The maximum atomic E-state index is 13.4. The normalized spacial score (nSPS) is 15.2. The molecule has 102 valence electrons. The van der Waals surface area contributed by atoms with Crippen LogP contribution < -0.4 is 5.73 Å². The molecule has 1 aromatic carbocycles. The van der Waals surface area contributed by atoms with Gasteiger partial charge in [0.2, 0.25) is 0 Å². The summed E-state index contributed by atoms with van der Waals surface area (Å²) in [4.78, 5) is 2.24. The fourth-order valence-corrected chi connectivity index (χ4v) is 2.24. The van der Waals surface area contributed by atoms with Crippen LogP contribution in [0.25, 0.3) is 0 Å². The molecule has 0 saturated heterocycles. The molecule has 0 aliphatic heterocycles. The minimum atomic E-state index is -0.195. The van der Waals surface area contributed by atoms with Crippen LogP contribution in [0.4, 0.5) is 4.39 Å². The highest BCUT2D eigenvalue weighted by Crippen LogP contribution is 2.26. The number of halogens is 1. The molecule has 1 rings (SSSR count). The molecule has 2 atom stereocenters. The number of hydrogen-bond donors (Lipinski definition) is 1. The third kappa shape index (κ3) is 3.30. The minimum absolute atomic E-state index is 0.0677. The van der Waals surface area contributed by atoms with E-state index >= 15 is 0 Å². The zero-order valence-corrected chi connectivity index (χ0v) is 12.1. The molecular weight excluding hydrogens is 227 g/mol. The van der Waals surface area contributed by atoms with E-state index in [2.05, 4.69) is 32.7 Å². The highest BCUT2D eigenvalue weighted by atomic mass is 19.1. The quantitative estimate of drug-likeness (QED) is 0.872. The Kier molecular flexibility index (Phi) is 5.29. The van der Waals surface area contributed by atoms with Gasteiger partial charge in [-0.3, -0.25) is 4.90 Å². The lowest BCUT2D eigenvalue weighted by Gasteiger charge is -2.35. The first-order valence-electron chi connectivity index (χ1n) is 6.56. The van der Waals surface area contributed by atoms with Crippen molar-refractivity contribution in [2.45, 2.75) is 39.8 Å². The number of rotatable bonds is 5. The van der Waals surface area contributed by atoms with Crippen LogP contribution >= 0.6 is 0 Å². The van der Waals surface area contributed by atoms with Gasteiger partial charge in [-0.15, -0.1) is 0 Å². The molecule has 0 aliphatic rings. The Balaban J connectivity index is 3.05. The lowest BCUT2D eigenvalue weighted by molar-refractivity contribution is 0.151. The molecule has 0 radical (unpaired) electrons. The predicted molar refractivity (Wildman–Crippen MR) is 75.0 cm³/mol. The van der Waals surface area contributed by atoms with Crippen LogP contribution in [0.3, 0.4) is 0 Å². The molecule has 1 aromatic rings. The second-order valence-corrected chi connectivity index (χ2v) is 5.40. The summed E-state index contributed by atoms with van der Waals surface area (Å²) in [6.07, 6.45) is 0. The zero-order valence-electron chi connectivity index (χ0n) is 12.1. The van der Waals surface area contributed by atoms with Gasteiger partial charge in [0.15, 0.2) is 0 Å². The summed E-state index contributed by atoms with van der Waals surface area (Å²) in [5.74, 6) is 0.345. The van der Waals surface area contributed by atoms with Gasteiger partial charge in [-0.1, -0.05) is 19.9 Å². The number of nitrogens with zero attached hydrogens (tertiary/aromatic N) is 1. The smallest absolute Gasteiger partial charge is 0.123 e. The fourth-order valence-electron chi connectivity index (χ4n) is 2.24. The summed E-state index contributed by atoms with van der Waals surface area (Å²) >= 11 is 0. The standard InChI is InChI=1S/C15H25FN2/c1-10(2)12(4)18(5)15(9-17)14-8-13(16)7-6-11(14)3/h6-8,10,12,15H,9,17H2,1-5H3. The van der Waals surface area contributed by atoms with Gasteiger partial charge in [0.05, 0.1) is 0 Å². The third-order valence-electron chi connectivity index (χ3n) is 3.92. The van der Waals surface area contributed by atoms with E-state index in [1.165, 1.54) is 6.07 Å². The van der Waals surface area contributed by atoms with Gasteiger partial charge in [-0.2, -0.15) is 0 Å². The molecule has 0 aliphatic carbocycles. The largest absolute Gasteiger partial charge is 0.329 e. The number of aryl methyl sites for hydroxylation is 1. The molecule has 0 amide bonds. The van der Waals surface area contributed by atoms with Gasteiger partial charge < -0.3 is 5.73 Å². The van der Waals surface area contributed by atoms with Crippen LogP contribution in [0.15, 0.2) is 18.2 Å². The summed E-state index contributed by atoms with van der Waals surface area (Å²) in [5, 5.41) is 0. The third-order valence-corrected chi connectivity index (χ3v) is 3.92. The van der Waals surface area contributed by atoms with E-state index in [1.807, 2.05) is 13.0 Å². The Bertz CT molecular complexity index is 390. The van der Waals surface area contributed by atoms with Crippen molar-refractivity contribution in [3.63, 3.8) is 0 Å². The zero-order chi connectivity index (χ0) is 13.9. The van der Waals surface area contributed by atoms with Crippen molar-refractivity contribution >= 4 is 0 Å². The Labute approximate surface area is 110 Å². The van der Waals surface area contributed by atoms with E-state index in [-0.39, 0.29) is 11.9 Å². The number of nitrogens with two attached hydrogens (primary N) is 1. The fraction of sp³-hybridized carbons (Fsp3) is 0.600. The molecule has 0 aromatic heterocycles. The summed E-state index contributed by atoms with van der Waals surface area (Å²) < 4.78 is 13.4. The first-order valence-corrected chi connectivity index (χ1v) is 6.56. The van der Waals surface area contributed by atoms with Crippen molar-refractivity contribution in [3.05, 3.63) is 35.1 Å². The van der Waals surface area contributed by atoms with Gasteiger partial charge in [0, 0.05) is 18.6 Å². The van der Waals surface area contributed by atoms with Gasteiger partial charge in [0.1, 0.15) is 5.82 Å². The average molecular weight is 252 g/mol. The molecule has 2 N–H and O–H groups in total. The van der Waals surface area contributed by atoms with Gasteiger partial charge >= 0.3 is 0 Å². The van der Waals surface area contributed by atoms with Crippen molar-refractivity contribution in [3.8, 4) is 0 Å². The molecule has 3 heteroatoms. The molecule has 0 fully saturated rings. The Morgan fingerprint density at radius 1 is 1.28 bits per heavy atom. The molecular formula is C15H25FN2. The number of hydrogen-bond acceptors (Lipinski definition) is 2.